The number of anilines is 1. The summed E-state index contributed by atoms with van der Waals surface area (Å²) in [5.41, 5.74) is -1.21. The highest BCUT2D eigenvalue weighted by molar-refractivity contribution is 6.09. The number of piperazine rings is 1. The van der Waals surface area contributed by atoms with Crippen LogP contribution in [0.4, 0.5) is 21.9 Å². The maximum absolute atomic E-state index is 13.1. The lowest BCUT2D eigenvalue weighted by atomic mass is 10.1. The van der Waals surface area contributed by atoms with E-state index < -0.39 is 33.2 Å². The van der Waals surface area contributed by atoms with Crippen molar-refractivity contribution in [2.24, 2.45) is 0 Å². The highest BCUT2D eigenvalue weighted by atomic mass is 16.6. The number of carbonyl (C=O) groups excluding carboxylic acids is 3. The standard InChI is InChI=1S/C21H21N5O8/c1-2-34-21(29)24-9-7-23(8-10-24)20(28)17-5-3-4-6-18(17)22-19(27)14-11-15(25(30)31)13-16(12-14)26(32)33/h3-6,11-13H,2,7-10H2,1H3,(H,22,27). The Morgan fingerprint density at radius 3 is 2.06 bits per heavy atom. The zero-order valence-electron chi connectivity index (χ0n) is 18.1. The molecule has 2 aromatic rings. The SMILES string of the molecule is CCOC(=O)N1CCN(C(=O)c2ccccc2NC(=O)c2cc([N+](=O)[O-])cc([N+](=O)[O-])c2)CC1. The molecular formula is C21H21N5O8. The molecule has 0 spiro atoms. The van der Waals surface area contributed by atoms with E-state index in [9.17, 15) is 34.6 Å². The monoisotopic (exact) mass is 471 g/mol. The van der Waals surface area contributed by atoms with Gasteiger partial charge in [0.25, 0.3) is 23.2 Å². The van der Waals surface area contributed by atoms with Gasteiger partial charge in [0.1, 0.15) is 0 Å². The summed E-state index contributed by atoms with van der Waals surface area (Å²) in [4.78, 5) is 61.2. The van der Waals surface area contributed by atoms with Crippen LogP contribution < -0.4 is 5.32 Å². The summed E-state index contributed by atoms with van der Waals surface area (Å²) in [7, 11) is 0. The lowest BCUT2D eigenvalue weighted by Crippen LogP contribution is -2.50. The smallest absolute Gasteiger partial charge is 0.409 e. The summed E-state index contributed by atoms with van der Waals surface area (Å²) in [6.45, 7) is 3.05. The molecule has 3 rings (SSSR count). The van der Waals surface area contributed by atoms with Crippen molar-refractivity contribution in [2.45, 2.75) is 6.92 Å². The number of nitro groups is 2. The summed E-state index contributed by atoms with van der Waals surface area (Å²) in [6.07, 6.45) is -0.451. The molecule has 1 aliphatic heterocycles. The average molecular weight is 471 g/mol. The van der Waals surface area contributed by atoms with Crippen LogP contribution in [0.5, 0.6) is 0 Å². The molecular weight excluding hydrogens is 450 g/mol. The minimum atomic E-state index is -0.848. The van der Waals surface area contributed by atoms with Crippen LogP contribution in [-0.4, -0.2) is 70.3 Å². The van der Waals surface area contributed by atoms with E-state index in [-0.39, 0.29) is 55.5 Å². The Hall–Kier alpha value is -4.55. The van der Waals surface area contributed by atoms with Crippen LogP contribution in [0, 0.1) is 20.2 Å². The molecule has 1 saturated heterocycles. The van der Waals surface area contributed by atoms with Gasteiger partial charge in [-0.15, -0.1) is 0 Å². The summed E-state index contributed by atoms with van der Waals surface area (Å²) in [5.74, 6) is -1.23. The van der Waals surface area contributed by atoms with Crippen molar-refractivity contribution in [1.29, 1.82) is 0 Å². The first-order chi connectivity index (χ1) is 16.2. The molecule has 1 heterocycles. The van der Waals surface area contributed by atoms with Crippen molar-refractivity contribution in [3.05, 3.63) is 73.8 Å². The van der Waals surface area contributed by atoms with Crippen LogP contribution in [0.3, 0.4) is 0 Å². The number of benzene rings is 2. The topological polar surface area (TPSA) is 165 Å². The Bertz CT molecular complexity index is 1110. The van der Waals surface area contributed by atoms with E-state index in [0.717, 1.165) is 18.2 Å². The molecule has 0 radical (unpaired) electrons. The van der Waals surface area contributed by atoms with Crippen LogP contribution in [-0.2, 0) is 4.74 Å². The number of rotatable bonds is 6. The maximum Gasteiger partial charge on any atom is 0.409 e. The summed E-state index contributed by atoms with van der Waals surface area (Å²) in [6, 6.07) is 8.77. The highest BCUT2D eigenvalue weighted by Crippen LogP contribution is 2.25. The van der Waals surface area contributed by atoms with Gasteiger partial charge in [0.2, 0.25) is 0 Å². The summed E-state index contributed by atoms with van der Waals surface area (Å²) >= 11 is 0. The number of nitrogens with one attached hydrogen (secondary N) is 1. The lowest BCUT2D eigenvalue weighted by Gasteiger charge is -2.34. The van der Waals surface area contributed by atoms with Gasteiger partial charge in [-0.3, -0.25) is 29.8 Å². The van der Waals surface area contributed by atoms with Gasteiger partial charge in [-0.1, -0.05) is 12.1 Å². The minimum absolute atomic E-state index is 0.138. The third kappa shape index (κ3) is 5.43. The Labute approximate surface area is 193 Å². The Morgan fingerprint density at radius 2 is 1.50 bits per heavy atom. The van der Waals surface area contributed by atoms with Gasteiger partial charge < -0.3 is 19.9 Å². The van der Waals surface area contributed by atoms with Crippen LogP contribution in [0.25, 0.3) is 0 Å². The van der Waals surface area contributed by atoms with Crippen LogP contribution in [0.15, 0.2) is 42.5 Å². The third-order valence-electron chi connectivity index (χ3n) is 5.08. The van der Waals surface area contributed by atoms with E-state index in [1.54, 1.807) is 19.1 Å². The molecule has 3 amide bonds. The number of nitro benzene ring substituents is 2. The molecule has 178 valence electrons. The normalized spacial score (nSPS) is 13.2. The van der Waals surface area contributed by atoms with Gasteiger partial charge in [0.15, 0.2) is 0 Å². The second-order valence-electron chi connectivity index (χ2n) is 7.23. The second kappa shape index (κ2) is 10.4. The fourth-order valence-corrected chi connectivity index (χ4v) is 3.39. The fourth-order valence-electron chi connectivity index (χ4n) is 3.39. The molecule has 1 aliphatic rings. The fraction of sp³-hybridized carbons (Fsp3) is 0.286. The van der Waals surface area contributed by atoms with Crippen molar-refractivity contribution in [2.75, 3.05) is 38.1 Å². The quantitative estimate of drug-likeness (QED) is 0.496. The molecule has 34 heavy (non-hydrogen) atoms. The molecule has 1 N–H and O–H groups in total. The largest absolute Gasteiger partial charge is 0.450 e. The zero-order chi connectivity index (χ0) is 24.8. The molecule has 0 atom stereocenters. The van der Waals surface area contributed by atoms with Crippen LogP contribution in [0.1, 0.15) is 27.6 Å². The molecule has 0 aliphatic carbocycles. The van der Waals surface area contributed by atoms with Crippen molar-refractivity contribution in [3.63, 3.8) is 0 Å². The number of amides is 3. The van der Waals surface area contributed by atoms with Crippen LogP contribution >= 0.6 is 0 Å². The van der Waals surface area contributed by atoms with E-state index in [4.69, 9.17) is 4.74 Å². The number of carbonyl (C=O) groups is 3. The first kappa shape index (κ1) is 24.1. The van der Waals surface area contributed by atoms with Gasteiger partial charge in [0.05, 0.1) is 39.3 Å². The number of non-ortho nitro benzene ring substituents is 2. The first-order valence-corrected chi connectivity index (χ1v) is 10.3. The highest BCUT2D eigenvalue weighted by Gasteiger charge is 2.27. The molecule has 0 bridgehead atoms. The van der Waals surface area contributed by atoms with Gasteiger partial charge in [-0.25, -0.2) is 4.79 Å². The van der Waals surface area contributed by atoms with Crippen molar-refractivity contribution >= 4 is 35.0 Å². The van der Waals surface area contributed by atoms with Crippen molar-refractivity contribution < 1.29 is 29.0 Å². The van der Waals surface area contributed by atoms with Gasteiger partial charge in [0, 0.05) is 38.3 Å². The molecule has 0 aromatic heterocycles. The Balaban J connectivity index is 1.78. The second-order valence-corrected chi connectivity index (χ2v) is 7.23. The zero-order valence-corrected chi connectivity index (χ0v) is 18.1. The van der Waals surface area contributed by atoms with E-state index >= 15 is 0 Å². The van der Waals surface area contributed by atoms with Gasteiger partial charge in [-0.05, 0) is 19.1 Å². The predicted octanol–water partition coefficient (Wildman–Crippen LogP) is 2.67. The van der Waals surface area contributed by atoms with Gasteiger partial charge >= 0.3 is 6.09 Å². The number of nitrogens with zero attached hydrogens (tertiary/aromatic N) is 4. The Kier molecular flexibility index (Phi) is 7.36. The maximum atomic E-state index is 13.1. The molecule has 13 nitrogen and oxygen atoms in total. The molecule has 2 aromatic carbocycles. The minimum Gasteiger partial charge on any atom is -0.450 e. The number of ether oxygens (including phenoxy) is 1. The van der Waals surface area contributed by atoms with Crippen LogP contribution in [0.2, 0.25) is 0 Å². The lowest BCUT2D eigenvalue weighted by molar-refractivity contribution is -0.394. The van der Waals surface area contributed by atoms with E-state index in [1.165, 1.54) is 21.9 Å². The van der Waals surface area contributed by atoms with Crippen molar-refractivity contribution in [1.82, 2.24) is 9.80 Å². The number of para-hydroxylation sites is 1. The summed E-state index contributed by atoms with van der Waals surface area (Å²) in [5, 5.41) is 24.7. The molecule has 0 unspecified atom stereocenters. The van der Waals surface area contributed by atoms with E-state index in [1.807, 2.05) is 0 Å². The molecule has 1 fully saturated rings. The predicted molar refractivity (Wildman–Crippen MR) is 119 cm³/mol. The van der Waals surface area contributed by atoms with Crippen molar-refractivity contribution in [3.8, 4) is 0 Å². The third-order valence-corrected chi connectivity index (χ3v) is 5.08. The molecule has 0 saturated carbocycles. The first-order valence-electron chi connectivity index (χ1n) is 10.3. The number of hydrogen-bond donors (Lipinski definition) is 1. The average Bonchev–Trinajstić information content (AvgIpc) is 2.83. The number of hydrogen-bond acceptors (Lipinski definition) is 8. The Morgan fingerprint density at radius 1 is 0.941 bits per heavy atom. The van der Waals surface area contributed by atoms with E-state index in [0.29, 0.717) is 0 Å². The van der Waals surface area contributed by atoms with E-state index in [2.05, 4.69) is 5.32 Å². The van der Waals surface area contributed by atoms with Gasteiger partial charge in [-0.2, -0.15) is 0 Å². The molecule has 13 heteroatoms. The summed E-state index contributed by atoms with van der Waals surface area (Å²) < 4.78 is 4.96.